The number of aryl methyl sites for hydroxylation is 1. The molecule has 2 rings (SSSR count). The number of aromatic nitrogens is 1. The minimum Gasteiger partial charge on any atom is -0.338 e. The maximum Gasteiger partial charge on any atom is 0.307 e. The van der Waals surface area contributed by atoms with Gasteiger partial charge in [0.15, 0.2) is 0 Å². The third kappa shape index (κ3) is 3.55. The minimum absolute atomic E-state index is 0.0282. The van der Waals surface area contributed by atoms with Crippen LogP contribution in [0, 0.1) is 19.8 Å². The summed E-state index contributed by atoms with van der Waals surface area (Å²) in [6.07, 6.45) is 2.40. The number of nitrogens with two attached hydrogens (primary N) is 1. The number of thiazole rings is 1. The van der Waals surface area contributed by atoms with E-state index in [0.717, 1.165) is 30.0 Å². The zero-order chi connectivity index (χ0) is 15.6. The van der Waals surface area contributed by atoms with Gasteiger partial charge in [0.2, 0.25) is 5.91 Å². The summed E-state index contributed by atoms with van der Waals surface area (Å²) in [5, 5.41) is 0. The number of amides is 1. The van der Waals surface area contributed by atoms with Gasteiger partial charge in [-0.1, -0.05) is 18.3 Å². The Bertz CT molecular complexity index is 564. The summed E-state index contributed by atoms with van der Waals surface area (Å²) in [6, 6.07) is 0.156. The van der Waals surface area contributed by atoms with Crippen LogP contribution in [0.2, 0.25) is 0 Å². The fourth-order valence-corrected chi connectivity index (χ4v) is 3.86. The van der Waals surface area contributed by atoms with E-state index in [-0.39, 0.29) is 16.8 Å². The SMILES string of the molecule is Cc1sc(=O)n(CCC(=O)N2CCC(C)CC2CN)c1C. The Kier molecular flexibility index (Phi) is 5.22. The van der Waals surface area contributed by atoms with E-state index < -0.39 is 0 Å². The Labute approximate surface area is 129 Å². The van der Waals surface area contributed by atoms with Gasteiger partial charge in [0.05, 0.1) is 0 Å². The summed E-state index contributed by atoms with van der Waals surface area (Å²) < 4.78 is 1.71. The molecule has 1 fully saturated rings. The van der Waals surface area contributed by atoms with Crippen LogP contribution < -0.4 is 10.6 Å². The molecule has 0 aromatic carbocycles. The van der Waals surface area contributed by atoms with Crippen LogP contribution >= 0.6 is 11.3 Å². The largest absolute Gasteiger partial charge is 0.338 e. The van der Waals surface area contributed by atoms with Gasteiger partial charge in [-0.2, -0.15) is 0 Å². The van der Waals surface area contributed by atoms with Crippen molar-refractivity contribution in [3.63, 3.8) is 0 Å². The predicted molar refractivity (Wildman–Crippen MR) is 85.6 cm³/mol. The predicted octanol–water partition coefficient (Wildman–Crippen LogP) is 1.50. The molecule has 5 nitrogen and oxygen atoms in total. The Balaban J connectivity index is 1.99. The number of hydrogen-bond acceptors (Lipinski definition) is 4. The van der Waals surface area contributed by atoms with Gasteiger partial charge >= 0.3 is 4.87 Å². The zero-order valence-corrected chi connectivity index (χ0v) is 13.9. The molecule has 118 valence electrons. The minimum atomic E-state index is 0.0282. The molecule has 0 aliphatic carbocycles. The van der Waals surface area contributed by atoms with Crippen molar-refractivity contribution in [1.82, 2.24) is 9.47 Å². The lowest BCUT2D eigenvalue weighted by Gasteiger charge is -2.38. The van der Waals surface area contributed by atoms with E-state index in [1.165, 1.54) is 11.3 Å². The third-order valence-electron chi connectivity index (χ3n) is 4.49. The third-order valence-corrected chi connectivity index (χ3v) is 5.49. The van der Waals surface area contributed by atoms with E-state index in [0.29, 0.717) is 25.4 Å². The molecule has 2 unspecified atom stereocenters. The monoisotopic (exact) mass is 311 g/mol. The standard InChI is InChI=1S/C15H25N3O2S/c1-10-4-6-18(13(8-10)9-16)14(19)5-7-17-11(2)12(3)21-15(17)20/h10,13H,4-9,16H2,1-3H3. The fourth-order valence-electron chi connectivity index (χ4n) is 3.00. The average molecular weight is 311 g/mol. The van der Waals surface area contributed by atoms with Crippen molar-refractivity contribution in [2.75, 3.05) is 13.1 Å². The number of nitrogens with zero attached hydrogens (tertiary/aromatic N) is 2. The lowest BCUT2D eigenvalue weighted by atomic mass is 9.92. The van der Waals surface area contributed by atoms with Gasteiger partial charge in [-0.05, 0) is 32.6 Å². The molecule has 0 radical (unpaired) electrons. The van der Waals surface area contributed by atoms with Gasteiger partial charge in [-0.3, -0.25) is 9.59 Å². The molecular formula is C15H25N3O2S. The van der Waals surface area contributed by atoms with E-state index in [1.54, 1.807) is 4.57 Å². The van der Waals surface area contributed by atoms with E-state index in [9.17, 15) is 9.59 Å². The van der Waals surface area contributed by atoms with Crippen LogP contribution in [-0.4, -0.2) is 34.5 Å². The molecular weight excluding hydrogens is 286 g/mol. The number of likely N-dealkylation sites (tertiary alicyclic amines) is 1. The number of rotatable bonds is 4. The molecule has 1 aliphatic heterocycles. The molecule has 2 N–H and O–H groups in total. The Morgan fingerprint density at radius 1 is 1.43 bits per heavy atom. The highest BCUT2D eigenvalue weighted by Gasteiger charge is 2.28. The topological polar surface area (TPSA) is 68.3 Å². The number of piperidine rings is 1. The smallest absolute Gasteiger partial charge is 0.307 e. The van der Waals surface area contributed by atoms with E-state index in [4.69, 9.17) is 5.73 Å². The second-order valence-electron chi connectivity index (χ2n) is 6.02. The van der Waals surface area contributed by atoms with Crippen LogP contribution in [0.25, 0.3) is 0 Å². The van der Waals surface area contributed by atoms with Crippen LogP contribution in [0.1, 0.15) is 36.8 Å². The molecule has 6 heteroatoms. The maximum atomic E-state index is 12.4. The van der Waals surface area contributed by atoms with Crippen LogP contribution in [0.5, 0.6) is 0 Å². The van der Waals surface area contributed by atoms with Crippen molar-refractivity contribution in [3.05, 3.63) is 20.2 Å². The highest BCUT2D eigenvalue weighted by atomic mass is 32.1. The van der Waals surface area contributed by atoms with Gasteiger partial charge in [-0.15, -0.1) is 0 Å². The molecule has 0 saturated carbocycles. The van der Waals surface area contributed by atoms with Crippen molar-refractivity contribution < 1.29 is 4.79 Å². The van der Waals surface area contributed by atoms with E-state index in [1.807, 2.05) is 18.7 Å². The first-order chi connectivity index (χ1) is 9.93. The number of carbonyl (C=O) groups is 1. The van der Waals surface area contributed by atoms with Crippen LogP contribution in [0.15, 0.2) is 4.79 Å². The van der Waals surface area contributed by atoms with E-state index >= 15 is 0 Å². The van der Waals surface area contributed by atoms with Crippen molar-refractivity contribution in [1.29, 1.82) is 0 Å². The molecule has 1 saturated heterocycles. The van der Waals surface area contributed by atoms with Gasteiger partial charge in [-0.25, -0.2) is 0 Å². The van der Waals surface area contributed by atoms with Gasteiger partial charge in [0, 0.05) is 42.7 Å². The normalized spacial score (nSPS) is 22.6. The average Bonchev–Trinajstić information content (AvgIpc) is 2.69. The molecule has 2 atom stereocenters. The highest BCUT2D eigenvalue weighted by molar-refractivity contribution is 7.09. The molecule has 0 spiro atoms. The first kappa shape index (κ1) is 16.2. The Hall–Kier alpha value is -1.14. The van der Waals surface area contributed by atoms with Crippen molar-refractivity contribution >= 4 is 17.2 Å². The summed E-state index contributed by atoms with van der Waals surface area (Å²) in [6.45, 7) is 7.86. The van der Waals surface area contributed by atoms with Gasteiger partial charge < -0.3 is 15.2 Å². The Morgan fingerprint density at radius 3 is 2.71 bits per heavy atom. The maximum absolute atomic E-state index is 12.4. The zero-order valence-electron chi connectivity index (χ0n) is 13.1. The first-order valence-electron chi connectivity index (χ1n) is 7.60. The molecule has 1 amide bonds. The summed E-state index contributed by atoms with van der Waals surface area (Å²) >= 11 is 1.25. The Morgan fingerprint density at radius 2 is 2.14 bits per heavy atom. The number of hydrogen-bond donors (Lipinski definition) is 1. The molecule has 1 aromatic rings. The molecule has 1 aromatic heterocycles. The molecule has 1 aliphatic rings. The van der Waals surface area contributed by atoms with Crippen LogP contribution in [0.4, 0.5) is 0 Å². The van der Waals surface area contributed by atoms with Crippen LogP contribution in [0.3, 0.4) is 0 Å². The van der Waals surface area contributed by atoms with Crippen molar-refractivity contribution in [2.24, 2.45) is 11.7 Å². The fraction of sp³-hybridized carbons (Fsp3) is 0.733. The van der Waals surface area contributed by atoms with Crippen molar-refractivity contribution in [3.8, 4) is 0 Å². The molecule has 2 heterocycles. The second kappa shape index (κ2) is 6.75. The van der Waals surface area contributed by atoms with Crippen LogP contribution in [-0.2, 0) is 11.3 Å². The second-order valence-corrected chi connectivity index (χ2v) is 7.18. The summed E-state index contributed by atoms with van der Waals surface area (Å²) in [4.78, 5) is 27.3. The summed E-state index contributed by atoms with van der Waals surface area (Å²) in [5.74, 6) is 0.750. The highest BCUT2D eigenvalue weighted by Crippen LogP contribution is 2.22. The lowest BCUT2D eigenvalue weighted by molar-refractivity contribution is -0.135. The number of carbonyl (C=O) groups excluding carboxylic acids is 1. The van der Waals surface area contributed by atoms with Crippen molar-refractivity contribution in [2.45, 2.75) is 52.6 Å². The van der Waals surface area contributed by atoms with Gasteiger partial charge in [0.25, 0.3) is 0 Å². The molecule has 21 heavy (non-hydrogen) atoms. The lowest BCUT2D eigenvalue weighted by Crippen LogP contribution is -2.49. The molecule has 0 bridgehead atoms. The summed E-state index contributed by atoms with van der Waals surface area (Å²) in [5.41, 5.74) is 6.78. The van der Waals surface area contributed by atoms with E-state index in [2.05, 4.69) is 6.92 Å². The van der Waals surface area contributed by atoms with Gasteiger partial charge in [0.1, 0.15) is 0 Å². The summed E-state index contributed by atoms with van der Waals surface area (Å²) in [7, 11) is 0. The quantitative estimate of drug-likeness (QED) is 0.916. The first-order valence-corrected chi connectivity index (χ1v) is 8.42.